The van der Waals surface area contributed by atoms with Crippen LogP contribution in [0.25, 0.3) is 5.65 Å². The van der Waals surface area contributed by atoms with E-state index in [2.05, 4.69) is 22.2 Å². The maximum absolute atomic E-state index is 10.8. The van der Waals surface area contributed by atoms with Crippen molar-refractivity contribution in [3.63, 3.8) is 0 Å². The third-order valence-corrected chi connectivity index (χ3v) is 3.77. The molecular formula is C15H14N4O2. The smallest absolute Gasteiger partial charge is 0.356 e. The lowest BCUT2D eigenvalue weighted by atomic mass is 10.2. The molecule has 3 aromatic heterocycles. The third kappa shape index (κ3) is 2.29. The molecule has 4 rings (SSSR count). The summed E-state index contributed by atoms with van der Waals surface area (Å²) in [6.07, 6.45) is 9.72. The van der Waals surface area contributed by atoms with Crippen LogP contribution in [0.5, 0.6) is 0 Å². The monoisotopic (exact) mass is 282 g/mol. The molecule has 1 fully saturated rings. The predicted molar refractivity (Wildman–Crippen MR) is 75.5 cm³/mol. The number of carboxylic acids is 1. The van der Waals surface area contributed by atoms with Crippen LogP contribution in [0.1, 0.15) is 40.5 Å². The second-order valence-corrected chi connectivity index (χ2v) is 5.47. The molecule has 1 aliphatic carbocycles. The van der Waals surface area contributed by atoms with E-state index >= 15 is 0 Å². The minimum Gasteiger partial charge on any atom is -0.476 e. The zero-order chi connectivity index (χ0) is 14.4. The molecule has 106 valence electrons. The highest BCUT2D eigenvalue weighted by molar-refractivity contribution is 5.84. The minimum atomic E-state index is -1.02. The fourth-order valence-corrected chi connectivity index (χ4v) is 2.54. The molecule has 6 heteroatoms. The quantitative estimate of drug-likeness (QED) is 0.796. The topological polar surface area (TPSA) is 72.4 Å². The van der Waals surface area contributed by atoms with Gasteiger partial charge in [-0.1, -0.05) is 6.07 Å². The maximum Gasteiger partial charge on any atom is 0.356 e. The van der Waals surface area contributed by atoms with Gasteiger partial charge in [-0.25, -0.2) is 14.8 Å². The van der Waals surface area contributed by atoms with Crippen molar-refractivity contribution in [1.29, 1.82) is 0 Å². The van der Waals surface area contributed by atoms with E-state index in [4.69, 9.17) is 5.11 Å². The lowest BCUT2D eigenvalue weighted by molar-refractivity contribution is 0.0691. The predicted octanol–water partition coefficient (Wildman–Crippen LogP) is 2.15. The summed E-state index contributed by atoms with van der Waals surface area (Å²) >= 11 is 0. The summed E-state index contributed by atoms with van der Waals surface area (Å²) in [5, 5.41) is 8.87. The molecule has 3 heterocycles. The lowest BCUT2D eigenvalue weighted by Gasteiger charge is -1.98. The van der Waals surface area contributed by atoms with Gasteiger partial charge >= 0.3 is 5.97 Å². The van der Waals surface area contributed by atoms with E-state index in [9.17, 15) is 4.79 Å². The second kappa shape index (κ2) is 4.44. The van der Waals surface area contributed by atoms with Crippen LogP contribution in [0.15, 0.2) is 37.1 Å². The van der Waals surface area contributed by atoms with Crippen LogP contribution in [0, 0.1) is 0 Å². The summed E-state index contributed by atoms with van der Waals surface area (Å²) in [5.41, 5.74) is 3.21. The van der Waals surface area contributed by atoms with Crippen molar-refractivity contribution in [2.45, 2.75) is 25.3 Å². The van der Waals surface area contributed by atoms with Gasteiger partial charge in [0.25, 0.3) is 0 Å². The van der Waals surface area contributed by atoms with Gasteiger partial charge in [-0.15, -0.1) is 0 Å². The molecule has 1 N–H and O–H groups in total. The van der Waals surface area contributed by atoms with E-state index in [1.807, 2.05) is 16.7 Å². The number of aromatic carboxylic acids is 1. The maximum atomic E-state index is 10.8. The van der Waals surface area contributed by atoms with E-state index in [1.54, 1.807) is 4.57 Å². The molecule has 0 aliphatic heterocycles. The zero-order valence-electron chi connectivity index (χ0n) is 11.3. The summed E-state index contributed by atoms with van der Waals surface area (Å²) < 4.78 is 3.77. The van der Waals surface area contributed by atoms with E-state index in [0.29, 0.717) is 12.5 Å². The molecule has 0 aromatic carbocycles. The van der Waals surface area contributed by atoms with E-state index in [0.717, 1.165) is 11.3 Å². The Hall–Kier alpha value is -2.63. The highest BCUT2D eigenvalue weighted by Gasteiger charge is 2.23. The first-order valence-corrected chi connectivity index (χ1v) is 6.91. The Morgan fingerprint density at radius 2 is 2.14 bits per heavy atom. The van der Waals surface area contributed by atoms with Crippen molar-refractivity contribution in [3.8, 4) is 0 Å². The van der Waals surface area contributed by atoms with Crippen LogP contribution in [0.2, 0.25) is 0 Å². The standard InChI is InChI=1S/C15H14N4O2/c20-15(21)13-8-18(9-16-13)6-12-7-19-5-11(10-1-2-10)3-4-14(19)17-12/h3-5,7-10H,1-2,6H2,(H,20,21). The van der Waals surface area contributed by atoms with Crippen molar-refractivity contribution in [2.75, 3.05) is 0 Å². The number of hydrogen-bond acceptors (Lipinski definition) is 3. The first-order valence-electron chi connectivity index (χ1n) is 6.91. The number of rotatable bonds is 4. The number of carboxylic acid groups (broad SMARTS) is 1. The van der Waals surface area contributed by atoms with Crippen LogP contribution in [0.3, 0.4) is 0 Å². The Bertz CT molecular complexity index is 829. The summed E-state index contributed by atoms with van der Waals surface area (Å²) in [5.74, 6) is -0.301. The first-order chi connectivity index (χ1) is 10.2. The molecular weight excluding hydrogens is 268 g/mol. The molecule has 21 heavy (non-hydrogen) atoms. The minimum absolute atomic E-state index is 0.0507. The highest BCUT2D eigenvalue weighted by Crippen LogP contribution is 2.39. The van der Waals surface area contributed by atoms with Crippen LogP contribution < -0.4 is 0 Å². The molecule has 0 bridgehead atoms. The number of carbonyl (C=O) groups is 1. The Morgan fingerprint density at radius 3 is 2.86 bits per heavy atom. The van der Waals surface area contributed by atoms with Crippen LogP contribution in [-0.4, -0.2) is 30.0 Å². The number of imidazole rings is 2. The van der Waals surface area contributed by atoms with E-state index in [1.165, 1.54) is 30.9 Å². The van der Waals surface area contributed by atoms with Crippen LogP contribution in [0.4, 0.5) is 0 Å². The number of pyridine rings is 1. The Morgan fingerprint density at radius 1 is 1.29 bits per heavy atom. The zero-order valence-corrected chi connectivity index (χ0v) is 11.3. The van der Waals surface area contributed by atoms with Gasteiger partial charge in [0.05, 0.1) is 18.6 Å². The van der Waals surface area contributed by atoms with Crippen LogP contribution >= 0.6 is 0 Å². The SMILES string of the molecule is O=C(O)c1cn(Cc2cn3cc(C4CC4)ccc3n2)cn1. The number of hydrogen-bond donors (Lipinski definition) is 1. The van der Waals surface area contributed by atoms with Crippen molar-refractivity contribution < 1.29 is 9.90 Å². The Labute approximate surface area is 120 Å². The fraction of sp³-hybridized carbons (Fsp3) is 0.267. The summed E-state index contributed by atoms with van der Waals surface area (Å²) in [7, 11) is 0. The normalized spacial score (nSPS) is 14.7. The molecule has 0 unspecified atom stereocenters. The van der Waals surface area contributed by atoms with Crippen molar-refractivity contribution in [2.24, 2.45) is 0 Å². The average Bonchev–Trinajstić information content (AvgIpc) is 3.07. The molecule has 0 saturated heterocycles. The molecule has 1 aliphatic rings. The second-order valence-electron chi connectivity index (χ2n) is 5.47. The van der Waals surface area contributed by atoms with Gasteiger partial charge in [-0.05, 0) is 30.4 Å². The van der Waals surface area contributed by atoms with Gasteiger partial charge in [0.1, 0.15) is 5.65 Å². The summed E-state index contributed by atoms with van der Waals surface area (Å²) in [6, 6.07) is 4.18. The number of aromatic nitrogens is 4. The molecule has 0 spiro atoms. The summed E-state index contributed by atoms with van der Waals surface area (Å²) in [4.78, 5) is 19.2. The van der Waals surface area contributed by atoms with Gasteiger partial charge in [0.2, 0.25) is 0 Å². The van der Waals surface area contributed by atoms with E-state index < -0.39 is 5.97 Å². The molecule has 3 aromatic rings. The van der Waals surface area contributed by atoms with Crippen molar-refractivity contribution in [1.82, 2.24) is 18.9 Å². The number of nitrogens with zero attached hydrogens (tertiary/aromatic N) is 4. The molecule has 0 atom stereocenters. The van der Waals surface area contributed by atoms with Gasteiger partial charge in [-0.2, -0.15) is 0 Å². The van der Waals surface area contributed by atoms with Gasteiger partial charge in [0.15, 0.2) is 5.69 Å². The van der Waals surface area contributed by atoms with E-state index in [-0.39, 0.29) is 5.69 Å². The largest absolute Gasteiger partial charge is 0.476 e. The highest BCUT2D eigenvalue weighted by atomic mass is 16.4. The molecule has 0 radical (unpaired) electrons. The van der Waals surface area contributed by atoms with Gasteiger partial charge in [-0.3, -0.25) is 0 Å². The van der Waals surface area contributed by atoms with Crippen molar-refractivity contribution >= 4 is 11.6 Å². The van der Waals surface area contributed by atoms with Gasteiger partial charge in [0, 0.05) is 18.6 Å². The summed E-state index contributed by atoms with van der Waals surface area (Å²) in [6.45, 7) is 0.515. The number of fused-ring (bicyclic) bond motifs is 1. The van der Waals surface area contributed by atoms with Crippen molar-refractivity contribution in [3.05, 3.63) is 54.0 Å². The molecule has 0 amide bonds. The Kier molecular flexibility index (Phi) is 2.57. The molecule has 6 nitrogen and oxygen atoms in total. The lowest BCUT2D eigenvalue weighted by Crippen LogP contribution is -1.98. The fourth-order valence-electron chi connectivity index (χ4n) is 2.54. The first kappa shape index (κ1) is 12.1. The van der Waals surface area contributed by atoms with Gasteiger partial charge < -0.3 is 14.1 Å². The van der Waals surface area contributed by atoms with Crippen LogP contribution in [-0.2, 0) is 6.54 Å². The molecule has 1 saturated carbocycles. The average molecular weight is 282 g/mol. The Balaban J connectivity index is 1.61. The third-order valence-electron chi connectivity index (χ3n) is 3.77.